The molecule has 8 heteroatoms. The van der Waals surface area contributed by atoms with Crippen LogP contribution in [0.25, 0.3) is 22.3 Å². The normalized spacial score (nSPS) is 13.7. The molecule has 3 heterocycles. The molecule has 0 spiro atoms. The van der Waals surface area contributed by atoms with Crippen LogP contribution in [0.15, 0.2) is 76.5 Å². The number of aromatic nitrogens is 2. The van der Waals surface area contributed by atoms with E-state index in [1.165, 1.54) is 7.05 Å². The summed E-state index contributed by atoms with van der Waals surface area (Å²) in [5, 5.41) is 12.1. The van der Waals surface area contributed by atoms with E-state index >= 15 is 0 Å². The molecule has 2 aliphatic rings. The highest BCUT2D eigenvalue weighted by atomic mass is 32.2. The van der Waals surface area contributed by atoms with Crippen molar-refractivity contribution in [3.8, 4) is 11.6 Å². The molecule has 182 valence electrons. The maximum atomic E-state index is 13.7. The molecule has 0 amide bonds. The maximum Gasteiger partial charge on any atom is 0.264 e. The van der Waals surface area contributed by atoms with Crippen LogP contribution < -0.4 is 21.3 Å². The van der Waals surface area contributed by atoms with Gasteiger partial charge in [-0.25, -0.2) is 0 Å². The lowest BCUT2D eigenvalue weighted by atomic mass is 9.96. The standard InChI is InChI=1S/C24H20N4O2S.C2H6.CH5N/c1-3-30-22-9-5-16-11-18(15-4-7-19(25)14(2)10-15)24(29)28(23(16)27-22)17-6-8-21-20(12-17)26-13-31-21;2*1-2/h4-12,25-26H,2-3,13H2,1H3;1-2H3;2H2,1H3. The van der Waals surface area contributed by atoms with Gasteiger partial charge in [0.1, 0.15) is 0 Å². The first kappa shape index (κ1) is 26.0. The number of nitrogens with two attached hydrogens (primary N) is 1. The fraction of sp³-hybridized carbons (Fsp3) is 0.222. The van der Waals surface area contributed by atoms with Gasteiger partial charge in [-0.15, -0.1) is 11.8 Å². The number of nitrogens with zero attached hydrogens (tertiary/aromatic N) is 2. The van der Waals surface area contributed by atoms with E-state index in [0.717, 1.165) is 33.1 Å². The molecule has 1 aromatic carbocycles. The Morgan fingerprint density at radius 3 is 2.69 bits per heavy atom. The Morgan fingerprint density at radius 1 is 1.20 bits per heavy atom. The number of pyridine rings is 2. The van der Waals surface area contributed by atoms with Gasteiger partial charge in [0.2, 0.25) is 5.88 Å². The highest BCUT2D eigenvalue weighted by molar-refractivity contribution is 7.99. The molecule has 3 aromatic rings. The van der Waals surface area contributed by atoms with Crippen LogP contribution in [0, 0.1) is 5.41 Å². The molecule has 0 saturated carbocycles. The third-order valence-electron chi connectivity index (χ3n) is 5.25. The summed E-state index contributed by atoms with van der Waals surface area (Å²) >= 11 is 1.73. The predicted octanol–water partition coefficient (Wildman–Crippen LogP) is 5.39. The third-order valence-corrected chi connectivity index (χ3v) is 6.20. The van der Waals surface area contributed by atoms with Crippen LogP contribution in [0.3, 0.4) is 0 Å². The average Bonchev–Trinajstić information content (AvgIpc) is 3.36. The highest BCUT2D eigenvalue weighted by Crippen LogP contribution is 2.35. The first-order valence-electron chi connectivity index (χ1n) is 11.5. The zero-order valence-electron chi connectivity index (χ0n) is 20.5. The zero-order valence-corrected chi connectivity index (χ0v) is 21.3. The topological polar surface area (TPSA) is 106 Å². The predicted molar refractivity (Wildman–Crippen MR) is 148 cm³/mol. The lowest BCUT2D eigenvalue weighted by molar-refractivity contribution is 0.328. The Hall–Kier alpha value is -3.62. The number of rotatable bonds is 4. The van der Waals surface area contributed by atoms with Crippen molar-refractivity contribution >= 4 is 39.8 Å². The van der Waals surface area contributed by atoms with Gasteiger partial charge in [0.25, 0.3) is 5.56 Å². The number of hydrogen-bond acceptors (Lipinski definition) is 7. The zero-order chi connectivity index (χ0) is 25.5. The molecule has 1 aliphatic heterocycles. The number of benzene rings is 1. The van der Waals surface area contributed by atoms with E-state index in [1.54, 1.807) is 34.6 Å². The summed E-state index contributed by atoms with van der Waals surface area (Å²) in [5.41, 5.74) is 8.78. The van der Waals surface area contributed by atoms with Crippen molar-refractivity contribution in [2.75, 3.05) is 24.8 Å². The smallest absolute Gasteiger partial charge is 0.264 e. The number of ether oxygens (including phenoxy) is 1. The lowest BCUT2D eigenvalue weighted by Gasteiger charge is -2.16. The second-order valence-electron chi connectivity index (χ2n) is 7.21. The Balaban J connectivity index is 0.000000815. The van der Waals surface area contributed by atoms with E-state index in [9.17, 15) is 4.79 Å². The van der Waals surface area contributed by atoms with Crippen LogP contribution in [-0.4, -0.2) is 34.8 Å². The van der Waals surface area contributed by atoms with Gasteiger partial charge in [-0.1, -0.05) is 26.5 Å². The van der Waals surface area contributed by atoms with Crippen LogP contribution in [0.4, 0.5) is 5.69 Å². The van der Waals surface area contributed by atoms with Crippen LogP contribution in [0.2, 0.25) is 0 Å². The molecule has 5 rings (SSSR count). The molecule has 0 bridgehead atoms. The van der Waals surface area contributed by atoms with Gasteiger partial charge >= 0.3 is 0 Å². The number of hydrogen-bond donors (Lipinski definition) is 3. The maximum absolute atomic E-state index is 13.7. The summed E-state index contributed by atoms with van der Waals surface area (Å²) in [6.07, 6.45) is 5.23. The Labute approximate surface area is 209 Å². The summed E-state index contributed by atoms with van der Waals surface area (Å²) in [7, 11) is 1.50. The van der Waals surface area contributed by atoms with Crippen molar-refractivity contribution in [3.63, 3.8) is 0 Å². The molecule has 0 saturated heterocycles. The molecule has 2 aromatic heterocycles. The second-order valence-corrected chi connectivity index (χ2v) is 8.23. The van der Waals surface area contributed by atoms with Gasteiger partial charge in [0.05, 0.1) is 29.6 Å². The van der Waals surface area contributed by atoms with Gasteiger partial charge in [-0.05, 0) is 67.6 Å². The molecule has 4 N–H and O–H groups in total. The summed E-state index contributed by atoms with van der Waals surface area (Å²) in [6.45, 7) is 10.3. The van der Waals surface area contributed by atoms with Gasteiger partial charge in [0, 0.05) is 21.9 Å². The van der Waals surface area contributed by atoms with Crippen LogP contribution in [0.5, 0.6) is 5.88 Å². The van der Waals surface area contributed by atoms with Gasteiger partial charge < -0.3 is 21.2 Å². The van der Waals surface area contributed by atoms with E-state index in [2.05, 4.69) is 22.6 Å². The van der Waals surface area contributed by atoms with Gasteiger partial charge in [0.15, 0.2) is 5.65 Å². The van der Waals surface area contributed by atoms with Crippen molar-refractivity contribution < 1.29 is 4.74 Å². The van der Waals surface area contributed by atoms with E-state index in [0.29, 0.717) is 35.0 Å². The number of thioether (sulfide) groups is 1. The number of fused-ring (bicyclic) bond motifs is 2. The summed E-state index contributed by atoms with van der Waals surface area (Å²) in [6, 6.07) is 11.5. The fourth-order valence-corrected chi connectivity index (χ4v) is 4.55. The molecule has 1 aliphatic carbocycles. The first-order valence-corrected chi connectivity index (χ1v) is 12.5. The van der Waals surface area contributed by atoms with Crippen molar-refractivity contribution in [1.29, 1.82) is 5.41 Å². The van der Waals surface area contributed by atoms with E-state index in [4.69, 9.17) is 10.1 Å². The molecule has 35 heavy (non-hydrogen) atoms. The first-order chi connectivity index (χ1) is 17.0. The largest absolute Gasteiger partial charge is 0.478 e. The minimum absolute atomic E-state index is 0.184. The van der Waals surface area contributed by atoms with Crippen molar-refractivity contribution in [3.05, 3.63) is 82.7 Å². The van der Waals surface area contributed by atoms with Crippen molar-refractivity contribution in [2.24, 2.45) is 5.73 Å². The summed E-state index contributed by atoms with van der Waals surface area (Å²) < 4.78 is 7.23. The van der Waals surface area contributed by atoms with Crippen LogP contribution >= 0.6 is 11.8 Å². The van der Waals surface area contributed by atoms with E-state index in [-0.39, 0.29) is 5.56 Å². The molecular formula is C27H31N5O2S. The fourth-order valence-electron chi connectivity index (χ4n) is 3.72. The quantitative estimate of drug-likeness (QED) is 0.454. The average molecular weight is 490 g/mol. The number of anilines is 1. The Kier molecular flexibility index (Phi) is 8.68. The number of allylic oxidation sites excluding steroid dienone is 5. The SMILES string of the molecule is C=C1C=C(c2cc3ccc(OCC)nc3n(-c3ccc4c(c3)NCS4)c2=O)C=CC1=N.CC.CN. The number of nitrogens with one attached hydrogen (secondary N) is 2. The summed E-state index contributed by atoms with van der Waals surface area (Å²) in [5.74, 6) is 1.29. The molecule has 0 unspecified atom stereocenters. The van der Waals surface area contributed by atoms with Crippen LogP contribution in [0.1, 0.15) is 26.3 Å². The Morgan fingerprint density at radius 2 is 1.97 bits per heavy atom. The molecule has 7 nitrogen and oxygen atoms in total. The van der Waals surface area contributed by atoms with Crippen molar-refractivity contribution in [1.82, 2.24) is 9.55 Å². The van der Waals surface area contributed by atoms with Gasteiger partial charge in [-0.2, -0.15) is 4.98 Å². The second kappa shape index (κ2) is 11.7. The third kappa shape index (κ3) is 5.23. The summed E-state index contributed by atoms with van der Waals surface area (Å²) in [4.78, 5) is 19.5. The van der Waals surface area contributed by atoms with Gasteiger partial charge in [-0.3, -0.25) is 9.36 Å². The van der Waals surface area contributed by atoms with Crippen molar-refractivity contribution in [2.45, 2.75) is 25.7 Å². The molecule has 0 atom stereocenters. The Bertz CT molecular complexity index is 1390. The molecule has 0 radical (unpaired) electrons. The lowest BCUT2D eigenvalue weighted by Crippen LogP contribution is -2.23. The monoisotopic (exact) mass is 489 g/mol. The minimum atomic E-state index is -0.184. The van der Waals surface area contributed by atoms with Crippen LogP contribution in [-0.2, 0) is 0 Å². The highest BCUT2D eigenvalue weighted by Gasteiger charge is 2.19. The molecule has 0 fully saturated rings. The van der Waals surface area contributed by atoms with E-state index < -0.39 is 0 Å². The molecular weight excluding hydrogens is 458 g/mol. The minimum Gasteiger partial charge on any atom is -0.478 e. The van der Waals surface area contributed by atoms with E-state index in [1.807, 2.05) is 57.2 Å².